The molecule has 0 atom stereocenters. The van der Waals surface area contributed by atoms with Crippen LogP contribution in [0.4, 0.5) is 5.69 Å². The monoisotopic (exact) mass is 272 g/mol. The number of benzene rings is 1. The summed E-state index contributed by atoms with van der Waals surface area (Å²) >= 11 is 1.88. The molecule has 1 aliphatic carbocycles. The van der Waals surface area contributed by atoms with Crippen molar-refractivity contribution >= 4 is 17.0 Å². The molecular formula is C16H20N2S. The minimum Gasteiger partial charge on any atom is -0.399 e. The van der Waals surface area contributed by atoms with Crippen molar-refractivity contribution in [2.75, 3.05) is 12.3 Å². The van der Waals surface area contributed by atoms with Gasteiger partial charge in [0, 0.05) is 33.9 Å². The van der Waals surface area contributed by atoms with Crippen molar-refractivity contribution in [3.8, 4) is 0 Å². The third-order valence-electron chi connectivity index (χ3n) is 3.94. The van der Waals surface area contributed by atoms with Crippen molar-refractivity contribution in [1.29, 1.82) is 0 Å². The molecule has 0 unspecified atom stereocenters. The van der Waals surface area contributed by atoms with Crippen LogP contribution in [0.1, 0.15) is 28.2 Å². The van der Waals surface area contributed by atoms with Crippen LogP contribution in [0.15, 0.2) is 36.4 Å². The van der Waals surface area contributed by atoms with Gasteiger partial charge in [0.05, 0.1) is 0 Å². The van der Waals surface area contributed by atoms with E-state index in [1.54, 1.807) is 0 Å². The molecule has 100 valence electrons. The molecule has 2 nitrogen and oxygen atoms in total. The van der Waals surface area contributed by atoms with E-state index in [0.717, 1.165) is 18.8 Å². The predicted octanol–water partition coefficient (Wildman–Crippen LogP) is 3.46. The zero-order valence-electron chi connectivity index (χ0n) is 11.3. The Kier molecular flexibility index (Phi) is 3.33. The zero-order chi connectivity index (χ0) is 13.3. The molecule has 1 fully saturated rings. The molecule has 1 aromatic heterocycles. The standard InChI is InChI=1S/C16H20N2S/c1-12-2-7-15(19-12)10-18-11-16(8-9-16)13-3-5-14(17)6-4-13/h2-7,18H,8-11,17H2,1H3. The van der Waals surface area contributed by atoms with Crippen molar-refractivity contribution < 1.29 is 0 Å². The molecule has 1 aliphatic rings. The zero-order valence-corrected chi connectivity index (χ0v) is 12.1. The number of thiophene rings is 1. The smallest absolute Gasteiger partial charge is 0.0314 e. The number of anilines is 1. The van der Waals surface area contributed by atoms with Gasteiger partial charge in [-0.25, -0.2) is 0 Å². The normalized spacial score (nSPS) is 16.5. The van der Waals surface area contributed by atoms with Crippen LogP contribution >= 0.6 is 11.3 Å². The van der Waals surface area contributed by atoms with Gasteiger partial charge in [0.15, 0.2) is 0 Å². The first-order valence-electron chi connectivity index (χ1n) is 6.80. The Morgan fingerprint density at radius 1 is 1.16 bits per heavy atom. The van der Waals surface area contributed by atoms with Gasteiger partial charge in [-0.2, -0.15) is 0 Å². The van der Waals surface area contributed by atoms with Crippen molar-refractivity contribution in [2.24, 2.45) is 0 Å². The Labute approximate surface area is 118 Å². The van der Waals surface area contributed by atoms with Crippen LogP contribution in [0.2, 0.25) is 0 Å². The maximum Gasteiger partial charge on any atom is 0.0314 e. The van der Waals surface area contributed by atoms with Gasteiger partial charge >= 0.3 is 0 Å². The first-order chi connectivity index (χ1) is 9.18. The van der Waals surface area contributed by atoms with Crippen LogP contribution in [0.25, 0.3) is 0 Å². The largest absolute Gasteiger partial charge is 0.399 e. The molecule has 3 heteroatoms. The van der Waals surface area contributed by atoms with Gasteiger partial charge < -0.3 is 11.1 Å². The lowest BCUT2D eigenvalue weighted by Gasteiger charge is -2.16. The van der Waals surface area contributed by atoms with E-state index in [4.69, 9.17) is 5.73 Å². The molecule has 2 aromatic rings. The molecule has 1 saturated carbocycles. The minimum atomic E-state index is 0.361. The van der Waals surface area contributed by atoms with Crippen molar-refractivity contribution in [1.82, 2.24) is 5.32 Å². The van der Waals surface area contributed by atoms with Crippen LogP contribution in [0.5, 0.6) is 0 Å². The Hall–Kier alpha value is -1.32. The predicted molar refractivity (Wildman–Crippen MR) is 82.5 cm³/mol. The SMILES string of the molecule is Cc1ccc(CNCC2(c3ccc(N)cc3)CC2)s1. The fraction of sp³-hybridized carbons (Fsp3) is 0.375. The van der Waals surface area contributed by atoms with Crippen LogP contribution < -0.4 is 11.1 Å². The lowest BCUT2D eigenvalue weighted by molar-refractivity contribution is 0.577. The molecule has 0 aliphatic heterocycles. The molecule has 0 radical (unpaired) electrons. The lowest BCUT2D eigenvalue weighted by Crippen LogP contribution is -2.26. The second kappa shape index (κ2) is 4.99. The molecule has 0 bridgehead atoms. The molecule has 19 heavy (non-hydrogen) atoms. The summed E-state index contributed by atoms with van der Waals surface area (Å²) in [5.41, 5.74) is 8.39. The molecule has 0 saturated heterocycles. The van der Waals surface area contributed by atoms with Crippen LogP contribution in [0, 0.1) is 6.92 Å². The van der Waals surface area contributed by atoms with Gasteiger partial charge in [-0.1, -0.05) is 12.1 Å². The first kappa shape index (κ1) is 12.7. The van der Waals surface area contributed by atoms with Gasteiger partial charge in [0.1, 0.15) is 0 Å². The van der Waals surface area contributed by atoms with E-state index in [-0.39, 0.29) is 0 Å². The highest BCUT2D eigenvalue weighted by Crippen LogP contribution is 2.47. The van der Waals surface area contributed by atoms with Gasteiger partial charge in [-0.05, 0) is 49.6 Å². The van der Waals surface area contributed by atoms with E-state index < -0.39 is 0 Å². The summed E-state index contributed by atoms with van der Waals surface area (Å²) in [6, 6.07) is 12.8. The Morgan fingerprint density at radius 3 is 2.47 bits per heavy atom. The summed E-state index contributed by atoms with van der Waals surface area (Å²) < 4.78 is 0. The van der Waals surface area contributed by atoms with E-state index in [1.165, 1.54) is 28.2 Å². The minimum absolute atomic E-state index is 0.361. The molecule has 1 heterocycles. The molecular weight excluding hydrogens is 252 g/mol. The van der Waals surface area contributed by atoms with Gasteiger partial charge in [-0.3, -0.25) is 0 Å². The van der Waals surface area contributed by atoms with Gasteiger partial charge in [0.25, 0.3) is 0 Å². The fourth-order valence-corrected chi connectivity index (χ4v) is 3.42. The summed E-state index contributed by atoms with van der Waals surface area (Å²) in [6.45, 7) is 4.20. The number of hydrogen-bond acceptors (Lipinski definition) is 3. The Bertz CT molecular complexity index is 552. The van der Waals surface area contributed by atoms with E-state index in [9.17, 15) is 0 Å². The number of rotatable bonds is 5. The lowest BCUT2D eigenvalue weighted by atomic mass is 9.96. The Balaban J connectivity index is 1.59. The highest BCUT2D eigenvalue weighted by molar-refractivity contribution is 7.11. The topological polar surface area (TPSA) is 38.0 Å². The highest BCUT2D eigenvalue weighted by Gasteiger charge is 2.43. The molecule has 3 rings (SSSR count). The van der Waals surface area contributed by atoms with E-state index >= 15 is 0 Å². The molecule has 0 spiro atoms. The number of nitrogen functional groups attached to an aromatic ring is 1. The Morgan fingerprint density at radius 2 is 1.89 bits per heavy atom. The van der Waals surface area contributed by atoms with E-state index in [1.807, 2.05) is 23.5 Å². The van der Waals surface area contributed by atoms with Crippen LogP contribution in [-0.4, -0.2) is 6.54 Å². The number of hydrogen-bond donors (Lipinski definition) is 2. The second-order valence-electron chi connectivity index (χ2n) is 5.52. The maximum atomic E-state index is 5.75. The first-order valence-corrected chi connectivity index (χ1v) is 7.62. The summed E-state index contributed by atoms with van der Waals surface area (Å²) in [5, 5.41) is 3.61. The summed E-state index contributed by atoms with van der Waals surface area (Å²) in [5.74, 6) is 0. The average molecular weight is 272 g/mol. The van der Waals surface area contributed by atoms with Crippen molar-refractivity contribution in [3.63, 3.8) is 0 Å². The maximum absolute atomic E-state index is 5.75. The van der Waals surface area contributed by atoms with E-state index in [2.05, 4.69) is 36.5 Å². The fourth-order valence-electron chi connectivity index (χ4n) is 2.56. The van der Waals surface area contributed by atoms with Crippen LogP contribution in [0.3, 0.4) is 0 Å². The second-order valence-corrected chi connectivity index (χ2v) is 6.89. The summed E-state index contributed by atoms with van der Waals surface area (Å²) in [7, 11) is 0. The highest BCUT2D eigenvalue weighted by atomic mass is 32.1. The molecule has 1 aromatic carbocycles. The summed E-state index contributed by atoms with van der Waals surface area (Å²) in [6.07, 6.45) is 2.57. The molecule has 3 N–H and O–H groups in total. The third kappa shape index (κ3) is 2.82. The van der Waals surface area contributed by atoms with E-state index in [0.29, 0.717) is 5.41 Å². The van der Waals surface area contributed by atoms with Crippen LogP contribution in [-0.2, 0) is 12.0 Å². The van der Waals surface area contributed by atoms with Gasteiger partial charge in [-0.15, -0.1) is 11.3 Å². The third-order valence-corrected chi connectivity index (χ3v) is 4.94. The number of nitrogens with two attached hydrogens (primary N) is 1. The number of nitrogens with one attached hydrogen (secondary N) is 1. The van der Waals surface area contributed by atoms with Gasteiger partial charge in [0.2, 0.25) is 0 Å². The van der Waals surface area contributed by atoms with Crippen molar-refractivity contribution in [3.05, 3.63) is 51.7 Å². The summed E-state index contributed by atoms with van der Waals surface area (Å²) in [4.78, 5) is 2.81. The molecule has 0 amide bonds. The van der Waals surface area contributed by atoms with Crippen molar-refractivity contribution in [2.45, 2.75) is 31.7 Å². The quantitative estimate of drug-likeness (QED) is 0.818. The number of aryl methyl sites for hydroxylation is 1. The average Bonchev–Trinajstić information content (AvgIpc) is 3.07.